The minimum Gasteiger partial charge on any atom is -0.491 e. The largest absolute Gasteiger partial charge is 0.491 e. The Morgan fingerprint density at radius 1 is 1.29 bits per heavy atom. The predicted octanol–water partition coefficient (Wildman–Crippen LogP) is 3.74. The molecule has 3 nitrogen and oxygen atoms in total. The van der Waals surface area contributed by atoms with Gasteiger partial charge in [-0.3, -0.25) is 0 Å². The second-order valence-corrected chi connectivity index (χ2v) is 5.44. The fourth-order valence-corrected chi connectivity index (χ4v) is 2.68. The number of anilines is 1. The number of fused-ring (bicyclic) bond motifs is 1. The quantitative estimate of drug-likeness (QED) is 0.901. The van der Waals surface area contributed by atoms with Gasteiger partial charge in [0.1, 0.15) is 5.75 Å². The highest BCUT2D eigenvalue weighted by Gasteiger charge is 2.12. The first-order chi connectivity index (χ1) is 8.02. The lowest BCUT2D eigenvalue weighted by atomic mass is 10.1. The predicted molar refractivity (Wildman–Crippen MR) is 74.4 cm³/mol. The molecule has 1 aromatic heterocycles. The average molecular weight is 250 g/mol. The Balaban J connectivity index is 2.60. The van der Waals surface area contributed by atoms with Crippen molar-refractivity contribution < 1.29 is 4.74 Å². The molecule has 2 rings (SSSR count). The molecule has 0 radical (unpaired) electrons. The Bertz CT molecular complexity index is 546. The van der Waals surface area contributed by atoms with Crippen molar-refractivity contribution in [1.82, 2.24) is 4.98 Å². The second-order valence-electron chi connectivity index (χ2n) is 4.41. The summed E-state index contributed by atoms with van der Waals surface area (Å²) in [7, 11) is 1.89. The standard InChI is InChI=1S/C13H18N2OS/c1-7(2)16-10-6-11-12(9(4)8(10)3)15-13(14-5)17-11/h6-7H,1-5H3,(H,14,15). The summed E-state index contributed by atoms with van der Waals surface area (Å²) in [6.45, 7) is 8.28. The molecule has 1 aromatic carbocycles. The van der Waals surface area contributed by atoms with Gasteiger partial charge in [-0.25, -0.2) is 4.98 Å². The first-order valence-electron chi connectivity index (χ1n) is 5.78. The average Bonchev–Trinajstić information content (AvgIpc) is 2.68. The van der Waals surface area contributed by atoms with Gasteiger partial charge in [0.2, 0.25) is 0 Å². The fourth-order valence-electron chi connectivity index (χ4n) is 1.77. The molecular formula is C13H18N2OS. The van der Waals surface area contributed by atoms with Crippen LogP contribution in [-0.4, -0.2) is 18.1 Å². The van der Waals surface area contributed by atoms with Gasteiger partial charge < -0.3 is 10.1 Å². The molecule has 0 saturated heterocycles. The third-order valence-corrected chi connectivity index (χ3v) is 3.80. The van der Waals surface area contributed by atoms with Crippen LogP contribution in [0.4, 0.5) is 5.13 Å². The summed E-state index contributed by atoms with van der Waals surface area (Å²) in [4.78, 5) is 4.56. The number of rotatable bonds is 3. The molecule has 0 amide bonds. The van der Waals surface area contributed by atoms with Gasteiger partial charge in [0.25, 0.3) is 0 Å². The van der Waals surface area contributed by atoms with E-state index >= 15 is 0 Å². The molecule has 0 unspecified atom stereocenters. The van der Waals surface area contributed by atoms with Gasteiger partial charge in [0.05, 0.1) is 16.3 Å². The number of aryl methyl sites for hydroxylation is 1. The van der Waals surface area contributed by atoms with Crippen molar-refractivity contribution in [2.75, 3.05) is 12.4 Å². The lowest BCUT2D eigenvalue weighted by Crippen LogP contribution is -2.07. The number of benzene rings is 1. The zero-order valence-corrected chi connectivity index (χ0v) is 11.7. The van der Waals surface area contributed by atoms with E-state index in [2.05, 4.69) is 30.2 Å². The Morgan fingerprint density at radius 3 is 2.59 bits per heavy atom. The zero-order chi connectivity index (χ0) is 12.6. The zero-order valence-electron chi connectivity index (χ0n) is 10.9. The summed E-state index contributed by atoms with van der Waals surface area (Å²) in [5.41, 5.74) is 3.46. The summed E-state index contributed by atoms with van der Waals surface area (Å²) < 4.78 is 7.01. The molecule has 0 aliphatic heterocycles. The van der Waals surface area contributed by atoms with E-state index in [9.17, 15) is 0 Å². The van der Waals surface area contributed by atoms with E-state index in [1.807, 2.05) is 20.9 Å². The fraction of sp³-hybridized carbons (Fsp3) is 0.462. The molecule has 17 heavy (non-hydrogen) atoms. The van der Waals surface area contributed by atoms with E-state index in [0.29, 0.717) is 0 Å². The summed E-state index contributed by atoms with van der Waals surface area (Å²) in [6, 6.07) is 2.09. The molecule has 0 aliphatic rings. The van der Waals surface area contributed by atoms with Crippen LogP contribution >= 0.6 is 11.3 Å². The Kier molecular flexibility index (Phi) is 3.24. The van der Waals surface area contributed by atoms with E-state index in [0.717, 1.165) is 16.4 Å². The molecule has 0 spiro atoms. The molecule has 0 saturated carbocycles. The van der Waals surface area contributed by atoms with Crippen molar-refractivity contribution in [3.63, 3.8) is 0 Å². The van der Waals surface area contributed by atoms with E-state index in [1.54, 1.807) is 11.3 Å². The van der Waals surface area contributed by atoms with Crippen LogP contribution < -0.4 is 10.1 Å². The smallest absolute Gasteiger partial charge is 0.183 e. The van der Waals surface area contributed by atoms with Crippen molar-refractivity contribution in [3.8, 4) is 5.75 Å². The maximum absolute atomic E-state index is 5.84. The van der Waals surface area contributed by atoms with Crippen LogP contribution in [0.5, 0.6) is 5.75 Å². The van der Waals surface area contributed by atoms with E-state index in [1.165, 1.54) is 15.8 Å². The Hall–Kier alpha value is -1.29. The van der Waals surface area contributed by atoms with Crippen LogP contribution in [0.1, 0.15) is 25.0 Å². The van der Waals surface area contributed by atoms with Crippen LogP contribution in [0.25, 0.3) is 10.2 Å². The summed E-state index contributed by atoms with van der Waals surface area (Å²) in [5, 5.41) is 4.04. The topological polar surface area (TPSA) is 34.2 Å². The minimum absolute atomic E-state index is 0.197. The van der Waals surface area contributed by atoms with Crippen molar-refractivity contribution in [3.05, 3.63) is 17.2 Å². The van der Waals surface area contributed by atoms with Gasteiger partial charge in [-0.05, 0) is 44.9 Å². The highest BCUT2D eigenvalue weighted by molar-refractivity contribution is 7.22. The van der Waals surface area contributed by atoms with Crippen molar-refractivity contribution >= 4 is 26.7 Å². The lowest BCUT2D eigenvalue weighted by molar-refractivity contribution is 0.241. The molecule has 0 bridgehead atoms. The van der Waals surface area contributed by atoms with Crippen molar-refractivity contribution in [2.24, 2.45) is 0 Å². The summed E-state index contributed by atoms with van der Waals surface area (Å²) >= 11 is 1.66. The first-order valence-corrected chi connectivity index (χ1v) is 6.59. The molecule has 0 aliphatic carbocycles. The van der Waals surface area contributed by atoms with Crippen LogP contribution in [0.2, 0.25) is 0 Å². The number of aromatic nitrogens is 1. The monoisotopic (exact) mass is 250 g/mol. The van der Waals surface area contributed by atoms with E-state index < -0.39 is 0 Å². The van der Waals surface area contributed by atoms with Gasteiger partial charge in [-0.1, -0.05) is 11.3 Å². The number of thiazole rings is 1. The number of hydrogen-bond donors (Lipinski definition) is 1. The second kappa shape index (κ2) is 4.53. The Labute approximate surface area is 106 Å². The van der Waals surface area contributed by atoms with Gasteiger partial charge in [-0.2, -0.15) is 0 Å². The molecule has 1 N–H and O–H groups in total. The number of nitrogens with one attached hydrogen (secondary N) is 1. The maximum Gasteiger partial charge on any atom is 0.183 e. The Morgan fingerprint density at radius 2 is 2.00 bits per heavy atom. The summed E-state index contributed by atoms with van der Waals surface area (Å²) in [6.07, 6.45) is 0.197. The highest BCUT2D eigenvalue weighted by atomic mass is 32.1. The van der Waals surface area contributed by atoms with Crippen LogP contribution in [0, 0.1) is 13.8 Å². The maximum atomic E-state index is 5.84. The normalized spacial score (nSPS) is 11.2. The molecule has 0 fully saturated rings. The van der Waals surface area contributed by atoms with Gasteiger partial charge in [0.15, 0.2) is 5.13 Å². The first kappa shape index (κ1) is 12.2. The number of hydrogen-bond acceptors (Lipinski definition) is 4. The van der Waals surface area contributed by atoms with Crippen molar-refractivity contribution in [1.29, 1.82) is 0 Å². The van der Waals surface area contributed by atoms with Crippen LogP contribution in [-0.2, 0) is 0 Å². The minimum atomic E-state index is 0.197. The van der Waals surface area contributed by atoms with Gasteiger partial charge in [-0.15, -0.1) is 0 Å². The van der Waals surface area contributed by atoms with E-state index in [4.69, 9.17) is 4.74 Å². The van der Waals surface area contributed by atoms with Gasteiger partial charge >= 0.3 is 0 Å². The van der Waals surface area contributed by atoms with E-state index in [-0.39, 0.29) is 6.10 Å². The van der Waals surface area contributed by atoms with Crippen LogP contribution in [0.15, 0.2) is 6.07 Å². The third kappa shape index (κ3) is 2.22. The highest BCUT2D eigenvalue weighted by Crippen LogP contribution is 2.35. The molecule has 2 aromatic rings. The molecule has 1 heterocycles. The molecular weight excluding hydrogens is 232 g/mol. The number of ether oxygens (including phenoxy) is 1. The lowest BCUT2D eigenvalue weighted by Gasteiger charge is -2.14. The summed E-state index contributed by atoms with van der Waals surface area (Å²) in [5.74, 6) is 0.969. The molecule has 0 atom stereocenters. The van der Waals surface area contributed by atoms with Crippen molar-refractivity contribution in [2.45, 2.75) is 33.8 Å². The molecule has 4 heteroatoms. The molecule has 92 valence electrons. The third-order valence-electron chi connectivity index (χ3n) is 2.78. The number of nitrogens with zero attached hydrogens (tertiary/aromatic N) is 1. The SMILES string of the molecule is CNc1nc2c(C)c(C)c(OC(C)C)cc2s1. The van der Waals surface area contributed by atoms with Gasteiger partial charge in [0, 0.05) is 7.05 Å². The van der Waals surface area contributed by atoms with Crippen LogP contribution in [0.3, 0.4) is 0 Å².